The van der Waals surface area contributed by atoms with Gasteiger partial charge in [0.25, 0.3) is 6.43 Å². The summed E-state index contributed by atoms with van der Waals surface area (Å²) in [5.74, 6) is 0. The average Bonchev–Trinajstić information content (AvgIpc) is 2.15. The third-order valence-electron chi connectivity index (χ3n) is 1.95. The SMILES string of the molecule is Cl.N[C@H](c1cc(C(F)(F)F)ccc1Cl)C(F)F. The van der Waals surface area contributed by atoms with E-state index in [1.807, 2.05) is 0 Å². The van der Waals surface area contributed by atoms with Crippen LogP contribution in [0.5, 0.6) is 0 Å². The number of halogens is 7. The van der Waals surface area contributed by atoms with Crippen LogP contribution in [-0.4, -0.2) is 6.43 Å². The van der Waals surface area contributed by atoms with Crippen molar-refractivity contribution in [3.05, 3.63) is 34.3 Å². The van der Waals surface area contributed by atoms with Crippen molar-refractivity contribution < 1.29 is 22.0 Å². The summed E-state index contributed by atoms with van der Waals surface area (Å²) in [5.41, 5.74) is 3.59. The molecule has 0 saturated heterocycles. The van der Waals surface area contributed by atoms with E-state index in [-0.39, 0.29) is 17.4 Å². The second-order valence-electron chi connectivity index (χ2n) is 3.09. The molecule has 1 rings (SSSR count). The number of rotatable bonds is 2. The Bertz CT molecular complexity index is 380. The first-order valence-corrected chi connectivity index (χ1v) is 4.51. The van der Waals surface area contributed by atoms with Gasteiger partial charge in [0.05, 0.1) is 11.6 Å². The minimum Gasteiger partial charge on any atom is -0.319 e. The molecule has 1 atom stereocenters. The maximum absolute atomic E-state index is 12.3. The normalized spacial score (nSPS) is 13.4. The molecule has 0 bridgehead atoms. The van der Waals surface area contributed by atoms with Crippen molar-refractivity contribution in [3.63, 3.8) is 0 Å². The van der Waals surface area contributed by atoms with Crippen LogP contribution in [0.2, 0.25) is 5.02 Å². The predicted octanol–water partition coefficient (Wildman–Crippen LogP) is 4.05. The molecule has 1 aromatic carbocycles. The summed E-state index contributed by atoms with van der Waals surface area (Å²) in [7, 11) is 0. The van der Waals surface area contributed by atoms with Crippen molar-refractivity contribution in [2.75, 3.05) is 0 Å². The first-order valence-electron chi connectivity index (χ1n) is 4.14. The van der Waals surface area contributed by atoms with Crippen LogP contribution in [0.4, 0.5) is 22.0 Å². The number of hydrogen-bond acceptors (Lipinski definition) is 1. The van der Waals surface area contributed by atoms with E-state index in [9.17, 15) is 22.0 Å². The quantitative estimate of drug-likeness (QED) is 0.819. The number of alkyl halides is 5. The van der Waals surface area contributed by atoms with Gasteiger partial charge in [0.2, 0.25) is 0 Å². The van der Waals surface area contributed by atoms with Gasteiger partial charge in [-0.05, 0) is 23.8 Å². The van der Waals surface area contributed by atoms with Crippen molar-refractivity contribution >= 4 is 24.0 Å². The maximum Gasteiger partial charge on any atom is 0.416 e. The third-order valence-corrected chi connectivity index (χ3v) is 2.30. The molecule has 2 N–H and O–H groups in total. The van der Waals surface area contributed by atoms with Crippen molar-refractivity contribution in [1.29, 1.82) is 0 Å². The van der Waals surface area contributed by atoms with Gasteiger partial charge in [-0.25, -0.2) is 8.78 Å². The number of nitrogens with two attached hydrogens (primary N) is 1. The third kappa shape index (κ3) is 3.97. The van der Waals surface area contributed by atoms with Crippen LogP contribution >= 0.6 is 24.0 Å². The van der Waals surface area contributed by atoms with Crippen LogP contribution in [0.25, 0.3) is 0 Å². The first kappa shape index (κ1) is 16.4. The topological polar surface area (TPSA) is 26.0 Å². The summed E-state index contributed by atoms with van der Waals surface area (Å²) in [6.45, 7) is 0. The molecular formula is C9H8Cl2F5N. The van der Waals surface area contributed by atoms with Gasteiger partial charge in [-0.3, -0.25) is 0 Å². The van der Waals surface area contributed by atoms with E-state index in [0.29, 0.717) is 12.1 Å². The Morgan fingerprint density at radius 1 is 1.18 bits per heavy atom. The zero-order valence-corrected chi connectivity index (χ0v) is 9.71. The lowest BCUT2D eigenvalue weighted by Gasteiger charge is -2.15. The fraction of sp³-hybridized carbons (Fsp3) is 0.333. The molecule has 1 aromatic rings. The van der Waals surface area contributed by atoms with Crippen molar-refractivity contribution in [3.8, 4) is 0 Å². The largest absolute Gasteiger partial charge is 0.416 e. The first-order chi connectivity index (χ1) is 7.23. The van der Waals surface area contributed by atoms with Gasteiger partial charge in [0, 0.05) is 5.02 Å². The van der Waals surface area contributed by atoms with E-state index < -0.39 is 29.8 Å². The molecule has 0 aliphatic heterocycles. The highest BCUT2D eigenvalue weighted by Crippen LogP contribution is 2.34. The van der Waals surface area contributed by atoms with Gasteiger partial charge in [-0.15, -0.1) is 12.4 Å². The van der Waals surface area contributed by atoms with Gasteiger partial charge < -0.3 is 5.73 Å². The van der Waals surface area contributed by atoms with Crippen LogP contribution in [0.3, 0.4) is 0 Å². The molecule has 0 saturated carbocycles. The van der Waals surface area contributed by atoms with Crippen LogP contribution in [-0.2, 0) is 6.18 Å². The molecule has 0 aliphatic rings. The van der Waals surface area contributed by atoms with Crippen LogP contribution in [0.15, 0.2) is 18.2 Å². The van der Waals surface area contributed by atoms with E-state index >= 15 is 0 Å². The van der Waals surface area contributed by atoms with Gasteiger partial charge >= 0.3 is 6.18 Å². The van der Waals surface area contributed by atoms with Gasteiger partial charge in [0.1, 0.15) is 0 Å². The number of benzene rings is 1. The standard InChI is InChI=1S/C9H7ClF5N.ClH/c10-6-2-1-4(9(13,14)15)3-5(6)7(16)8(11)12;/h1-3,7-8H,16H2;1H/t7-;/m1./s1. The minimum atomic E-state index is -4.61. The second-order valence-corrected chi connectivity index (χ2v) is 3.50. The Kier molecular flexibility index (Phi) is 5.64. The lowest BCUT2D eigenvalue weighted by molar-refractivity contribution is -0.137. The van der Waals surface area contributed by atoms with Crippen molar-refractivity contribution in [1.82, 2.24) is 0 Å². The van der Waals surface area contributed by atoms with Crippen molar-refractivity contribution in [2.45, 2.75) is 18.6 Å². The van der Waals surface area contributed by atoms with E-state index in [4.69, 9.17) is 17.3 Å². The summed E-state index contributed by atoms with van der Waals surface area (Å²) in [4.78, 5) is 0. The molecule has 0 amide bonds. The highest BCUT2D eigenvalue weighted by Gasteiger charge is 2.32. The zero-order valence-electron chi connectivity index (χ0n) is 8.14. The molecule has 0 spiro atoms. The summed E-state index contributed by atoms with van der Waals surface area (Å²) in [5, 5.41) is -0.208. The molecule has 17 heavy (non-hydrogen) atoms. The summed E-state index contributed by atoms with van der Waals surface area (Å²) >= 11 is 5.50. The van der Waals surface area contributed by atoms with E-state index in [2.05, 4.69) is 0 Å². The Labute approximate surface area is 105 Å². The predicted molar refractivity (Wildman–Crippen MR) is 56.6 cm³/mol. The summed E-state index contributed by atoms with van der Waals surface area (Å²) in [6, 6.07) is 0.334. The molecule has 8 heteroatoms. The molecule has 0 aliphatic carbocycles. The van der Waals surface area contributed by atoms with Crippen molar-refractivity contribution in [2.24, 2.45) is 5.73 Å². The van der Waals surface area contributed by atoms with Gasteiger partial charge in [-0.1, -0.05) is 11.6 Å². The minimum absolute atomic E-state index is 0. The maximum atomic E-state index is 12.3. The molecule has 1 nitrogen and oxygen atoms in total. The lowest BCUT2D eigenvalue weighted by Crippen LogP contribution is -2.20. The summed E-state index contributed by atoms with van der Waals surface area (Å²) in [6.07, 6.45) is -7.58. The molecule has 0 aromatic heterocycles. The second kappa shape index (κ2) is 5.84. The van der Waals surface area contributed by atoms with E-state index in [0.717, 1.165) is 6.07 Å². The molecule has 0 heterocycles. The Hall–Kier alpha value is -0.590. The molecule has 0 radical (unpaired) electrons. The molecular weight excluding hydrogens is 288 g/mol. The Morgan fingerprint density at radius 2 is 1.71 bits per heavy atom. The van der Waals surface area contributed by atoms with Gasteiger partial charge in [0.15, 0.2) is 0 Å². The van der Waals surface area contributed by atoms with Gasteiger partial charge in [-0.2, -0.15) is 13.2 Å². The van der Waals surface area contributed by atoms with Crippen LogP contribution in [0.1, 0.15) is 17.2 Å². The Morgan fingerprint density at radius 3 is 2.12 bits per heavy atom. The smallest absolute Gasteiger partial charge is 0.319 e. The fourth-order valence-corrected chi connectivity index (χ4v) is 1.35. The Balaban J connectivity index is 0.00000256. The average molecular weight is 296 g/mol. The monoisotopic (exact) mass is 295 g/mol. The van der Waals surface area contributed by atoms with Crippen LogP contribution in [0, 0.1) is 0 Å². The van der Waals surface area contributed by atoms with E-state index in [1.54, 1.807) is 0 Å². The van der Waals surface area contributed by atoms with Crippen LogP contribution < -0.4 is 5.73 Å². The zero-order chi connectivity index (χ0) is 12.5. The number of hydrogen-bond donors (Lipinski definition) is 1. The molecule has 0 fully saturated rings. The lowest BCUT2D eigenvalue weighted by atomic mass is 10.0. The molecule has 0 unspecified atom stereocenters. The highest BCUT2D eigenvalue weighted by molar-refractivity contribution is 6.31. The fourth-order valence-electron chi connectivity index (χ4n) is 1.11. The summed E-state index contributed by atoms with van der Waals surface area (Å²) < 4.78 is 61.4. The molecule has 98 valence electrons. The van der Waals surface area contributed by atoms with E-state index in [1.165, 1.54) is 0 Å². The highest BCUT2D eigenvalue weighted by atomic mass is 35.5.